The van der Waals surface area contributed by atoms with Crippen molar-refractivity contribution in [2.24, 2.45) is 10.7 Å². The van der Waals surface area contributed by atoms with E-state index in [9.17, 15) is 18.0 Å². The van der Waals surface area contributed by atoms with Crippen LogP contribution in [0.3, 0.4) is 0 Å². The number of rotatable bonds is 1. The third-order valence-electron chi connectivity index (χ3n) is 2.58. The predicted octanol–water partition coefficient (Wildman–Crippen LogP) is 1.87. The highest BCUT2D eigenvalue weighted by Gasteiger charge is 2.30. The molecule has 0 aliphatic carbocycles. The van der Waals surface area contributed by atoms with E-state index in [0.717, 1.165) is 12.1 Å². The molecule has 3 N–H and O–H groups in total. The van der Waals surface area contributed by atoms with Gasteiger partial charge in [0, 0.05) is 5.69 Å². The van der Waals surface area contributed by atoms with Gasteiger partial charge in [0.15, 0.2) is 5.96 Å². The number of benzene rings is 1. The van der Waals surface area contributed by atoms with Gasteiger partial charge in [0.05, 0.1) is 18.7 Å². The maximum Gasteiger partial charge on any atom is 0.416 e. The van der Waals surface area contributed by atoms with E-state index in [4.69, 9.17) is 5.73 Å². The molecule has 0 spiro atoms. The second kappa shape index (κ2) is 4.79. The van der Waals surface area contributed by atoms with Crippen LogP contribution in [-0.4, -0.2) is 30.0 Å². The minimum atomic E-state index is -4.39. The molecule has 1 aromatic rings. The number of carbonyl (C=O) groups is 1. The summed E-state index contributed by atoms with van der Waals surface area (Å²) >= 11 is 0. The predicted molar refractivity (Wildman–Crippen MR) is 63.7 cm³/mol. The largest absolute Gasteiger partial charge is 0.416 e. The molecule has 102 valence electrons. The van der Waals surface area contributed by atoms with Gasteiger partial charge in [-0.05, 0) is 24.3 Å². The first-order valence-electron chi connectivity index (χ1n) is 5.43. The van der Waals surface area contributed by atoms with Crippen LogP contribution in [0.2, 0.25) is 0 Å². The van der Waals surface area contributed by atoms with E-state index in [1.54, 1.807) is 0 Å². The number of hydrogen-bond donors (Lipinski definition) is 2. The van der Waals surface area contributed by atoms with Crippen LogP contribution < -0.4 is 11.1 Å². The summed E-state index contributed by atoms with van der Waals surface area (Å²) < 4.78 is 37.1. The molecule has 0 fully saturated rings. The topological polar surface area (TPSA) is 70.7 Å². The van der Waals surface area contributed by atoms with Crippen LogP contribution in [-0.2, 0) is 6.18 Å². The van der Waals surface area contributed by atoms with Crippen LogP contribution in [0.1, 0.15) is 5.56 Å². The Labute approximate surface area is 106 Å². The average Bonchev–Trinajstić information content (AvgIpc) is 2.75. The third kappa shape index (κ3) is 2.95. The number of carbonyl (C=O) groups excluding carboxylic acids is 1. The fourth-order valence-electron chi connectivity index (χ4n) is 1.60. The maximum atomic E-state index is 12.4. The summed E-state index contributed by atoms with van der Waals surface area (Å²) in [5, 5.41) is 2.45. The lowest BCUT2D eigenvalue weighted by molar-refractivity contribution is -0.137. The third-order valence-corrected chi connectivity index (χ3v) is 2.58. The summed E-state index contributed by atoms with van der Waals surface area (Å²) in [5.41, 5.74) is 4.97. The number of amides is 2. The van der Waals surface area contributed by atoms with Crippen molar-refractivity contribution < 1.29 is 18.0 Å². The Morgan fingerprint density at radius 2 is 1.95 bits per heavy atom. The first kappa shape index (κ1) is 13.2. The SMILES string of the molecule is NC1=NCCN1C(=O)Nc1ccc(C(F)(F)F)cc1. The van der Waals surface area contributed by atoms with Crippen LogP contribution in [0, 0.1) is 0 Å². The molecule has 1 aliphatic heterocycles. The number of alkyl halides is 3. The molecule has 5 nitrogen and oxygen atoms in total. The van der Waals surface area contributed by atoms with Crippen LogP contribution >= 0.6 is 0 Å². The summed E-state index contributed by atoms with van der Waals surface area (Å²) in [5.74, 6) is 0.101. The highest BCUT2D eigenvalue weighted by atomic mass is 19.4. The Morgan fingerprint density at radius 3 is 2.42 bits per heavy atom. The summed E-state index contributed by atoms with van der Waals surface area (Å²) in [4.78, 5) is 16.8. The average molecular weight is 272 g/mol. The van der Waals surface area contributed by atoms with Crippen molar-refractivity contribution in [1.29, 1.82) is 0 Å². The Balaban J connectivity index is 2.04. The van der Waals surface area contributed by atoms with Gasteiger partial charge in [-0.15, -0.1) is 0 Å². The minimum absolute atomic E-state index is 0.101. The first-order valence-corrected chi connectivity index (χ1v) is 5.43. The van der Waals surface area contributed by atoms with Crippen molar-refractivity contribution in [2.75, 3.05) is 18.4 Å². The Bertz CT molecular complexity index is 510. The normalized spacial score (nSPS) is 15.3. The van der Waals surface area contributed by atoms with Crippen LogP contribution in [0.25, 0.3) is 0 Å². The van der Waals surface area contributed by atoms with Crippen LogP contribution in [0.4, 0.5) is 23.7 Å². The van der Waals surface area contributed by atoms with E-state index >= 15 is 0 Å². The molecule has 2 rings (SSSR count). The number of nitrogens with zero attached hydrogens (tertiary/aromatic N) is 2. The monoisotopic (exact) mass is 272 g/mol. The summed E-state index contributed by atoms with van der Waals surface area (Å²) in [6.07, 6.45) is -4.39. The van der Waals surface area contributed by atoms with E-state index in [2.05, 4.69) is 10.3 Å². The number of aliphatic imine (C=N–C) groups is 1. The number of nitrogens with two attached hydrogens (primary N) is 1. The van der Waals surface area contributed by atoms with E-state index in [-0.39, 0.29) is 11.6 Å². The van der Waals surface area contributed by atoms with Gasteiger partial charge in [-0.1, -0.05) is 0 Å². The number of anilines is 1. The molecule has 1 aliphatic rings. The van der Waals surface area contributed by atoms with E-state index < -0.39 is 17.8 Å². The van der Waals surface area contributed by atoms with Gasteiger partial charge in [-0.3, -0.25) is 9.89 Å². The zero-order valence-electron chi connectivity index (χ0n) is 9.74. The van der Waals surface area contributed by atoms with Gasteiger partial charge in [0.25, 0.3) is 0 Å². The molecule has 2 amide bonds. The van der Waals surface area contributed by atoms with Gasteiger partial charge >= 0.3 is 12.2 Å². The molecule has 0 aromatic heterocycles. The molecule has 0 bridgehead atoms. The van der Waals surface area contributed by atoms with Crippen molar-refractivity contribution in [1.82, 2.24) is 4.90 Å². The van der Waals surface area contributed by atoms with Gasteiger partial charge in [0.1, 0.15) is 0 Å². The van der Waals surface area contributed by atoms with Crippen molar-refractivity contribution >= 4 is 17.7 Å². The summed E-state index contributed by atoms with van der Waals surface area (Å²) in [6.45, 7) is 0.782. The summed E-state index contributed by atoms with van der Waals surface area (Å²) in [7, 11) is 0. The quantitative estimate of drug-likeness (QED) is 0.819. The Hall–Kier alpha value is -2.25. The molecular weight excluding hydrogens is 261 g/mol. The Kier molecular flexibility index (Phi) is 3.32. The van der Waals surface area contributed by atoms with E-state index in [1.807, 2.05) is 0 Å². The van der Waals surface area contributed by atoms with Gasteiger partial charge in [-0.25, -0.2) is 4.79 Å². The molecule has 0 saturated carbocycles. The number of halogens is 3. The number of hydrogen-bond acceptors (Lipinski definition) is 3. The van der Waals surface area contributed by atoms with Crippen molar-refractivity contribution in [2.45, 2.75) is 6.18 Å². The molecule has 0 atom stereocenters. The molecule has 0 radical (unpaired) electrons. The zero-order chi connectivity index (χ0) is 14.0. The standard InChI is InChI=1S/C11H11F3N4O/c12-11(13,14)7-1-3-8(4-2-7)17-10(19)18-6-5-16-9(18)15/h1-4H,5-6H2,(H2,15,16)(H,17,19). The van der Waals surface area contributed by atoms with E-state index in [1.165, 1.54) is 17.0 Å². The lowest BCUT2D eigenvalue weighted by Crippen LogP contribution is -2.41. The zero-order valence-corrected chi connectivity index (χ0v) is 9.74. The van der Waals surface area contributed by atoms with Crippen molar-refractivity contribution in [3.05, 3.63) is 29.8 Å². The number of urea groups is 1. The van der Waals surface area contributed by atoms with Gasteiger partial charge < -0.3 is 11.1 Å². The molecule has 8 heteroatoms. The fourth-order valence-corrected chi connectivity index (χ4v) is 1.60. The van der Waals surface area contributed by atoms with E-state index in [0.29, 0.717) is 13.1 Å². The molecule has 1 heterocycles. The maximum absolute atomic E-state index is 12.4. The minimum Gasteiger partial charge on any atom is -0.369 e. The lowest BCUT2D eigenvalue weighted by Gasteiger charge is -2.16. The summed E-state index contributed by atoms with van der Waals surface area (Å²) in [6, 6.07) is 3.65. The highest BCUT2D eigenvalue weighted by molar-refractivity contribution is 6.02. The molecule has 1 aromatic carbocycles. The Morgan fingerprint density at radius 1 is 1.32 bits per heavy atom. The smallest absolute Gasteiger partial charge is 0.369 e. The number of guanidine groups is 1. The second-order valence-electron chi connectivity index (χ2n) is 3.90. The van der Waals surface area contributed by atoms with Crippen molar-refractivity contribution in [3.63, 3.8) is 0 Å². The second-order valence-corrected chi connectivity index (χ2v) is 3.90. The van der Waals surface area contributed by atoms with Crippen LogP contribution in [0.15, 0.2) is 29.3 Å². The molecule has 19 heavy (non-hydrogen) atoms. The lowest BCUT2D eigenvalue weighted by atomic mass is 10.2. The van der Waals surface area contributed by atoms with Gasteiger partial charge in [0.2, 0.25) is 0 Å². The van der Waals surface area contributed by atoms with Crippen molar-refractivity contribution in [3.8, 4) is 0 Å². The number of nitrogens with one attached hydrogen (secondary N) is 1. The van der Waals surface area contributed by atoms with Gasteiger partial charge in [-0.2, -0.15) is 13.2 Å². The molecule has 0 saturated heterocycles. The first-order chi connectivity index (χ1) is 8.88. The fraction of sp³-hybridized carbons (Fsp3) is 0.273. The molecular formula is C11H11F3N4O. The highest BCUT2D eigenvalue weighted by Crippen LogP contribution is 2.29. The van der Waals surface area contributed by atoms with Crippen LogP contribution in [0.5, 0.6) is 0 Å². The molecule has 0 unspecified atom stereocenters.